The van der Waals surface area contributed by atoms with Crippen LogP contribution in [-0.4, -0.2) is 33.6 Å². The van der Waals surface area contributed by atoms with Gasteiger partial charge in [0, 0.05) is 6.04 Å². The third-order valence-electron chi connectivity index (χ3n) is 4.26. The molecule has 1 aliphatic carbocycles. The van der Waals surface area contributed by atoms with Gasteiger partial charge in [0.2, 0.25) is 10.0 Å². The molecule has 1 aromatic rings. The highest BCUT2D eigenvalue weighted by molar-refractivity contribution is 7.89. The van der Waals surface area contributed by atoms with Crippen LogP contribution in [0.1, 0.15) is 42.1 Å². The predicted molar refractivity (Wildman–Crippen MR) is 87.6 cm³/mol. The van der Waals surface area contributed by atoms with Gasteiger partial charge >= 0.3 is 5.97 Å². The molecule has 2 rings (SSSR count). The second-order valence-electron chi connectivity index (χ2n) is 5.86. The van der Waals surface area contributed by atoms with Crippen LogP contribution in [0, 0.1) is 12.8 Å². The fourth-order valence-corrected chi connectivity index (χ4v) is 4.58. The molecule has 0 saturated heterocycles. The number of ether oxygens (including phenoxy) is 1. The van der Waals surface area contributed by atoms with Gasteiger partial charge in [0.1, 0.15) is 0 Å². The van der Waals surface area contributed by atoms with Crippen LogP contribution >= 0.6 is 0 Å². The minimum Gasteiger partial charge on any atom is -0.462 e. The molecule has 23 heavy (non-hydrogen) atoms. The number of rotatable bonds is 6. The Bertz CT molecular complexity index is 673. The largest absolute Gasteiger partial charge is 0.462 e. The molecule has 1 aromatic carbocycles. The van der Waals surface area contributed by atoms with Gasteiger partial charge in [0.25, 0.3) is 0 Å². The van der Waals surface area contributed by atoms with E-state index in [0.717, 1.165) is 19.3 Å². The molecular weight excluding hydrogens is 316 g/mol. The summed E-state index contributed by atoms with van der Waals surface area (Å²) in [5.74, 6) is -0.358. The van der Waals surface area contributed by atoms with E-state index >= 15 is 0 Å². The van der Waals surface area contributed by atoms with Gasteiger partial charge in [-0.15, -0.1) is 0 Å². The van der Waals surface area contributed by atoms with Gasteiger partial charge in [-0.2, -0.15) is 0 Å². The Morgan fingerprint density at radius 3 is 2.78 bits per heavy atom. The summed E-state index contributed by atoms with van der Waals surface area (Å²) in [6.45, 7) is 4.12. The molecule has 2 unspecified atom stereocenters. The smallest absolute Gasteiger partial charge is 0.338 e. The highest BCUT2D eigenvalue weighted by Gasteiger charge is 2.31. The minimum atomic E-state index is -3.70. The van der Waals surface area contributed by atoms with Gasteiger partial charge in [-0.1, -0.05) is 12.5 Å². The molecule has 3 N–H and O–H groups in total. The molecule has 1 saturated carbocycles. The molecule has 0 amide bonds. The molecule has 128 valence electrons. The number of esters is 1. The van der Waals surface area contributed by atoms with E-state index in [2.05, 4.69) is 4.72 Å². The number of hydrogen-bond acceptors (Lipinski definition) is 5. The van der Waals surface area contributed by atoms with E-state index in [1.54, 1.807) is 26.0 Å². The lowest BCUT2D eigenvalue weighted by molar-refractivity contribution is 0.0526. The summed E-state index contributed by atoms with van der Waals surface area (Å²) in [6, 6.07) is 4.43. The fraction of sp³-hybridized carbons (Fsp3) is 0.562. The number of carbonyl (C=O) groups excluding carboxylic acids is 1. The number of sulfonamides is 1. The van der Waals surface area contributed by atoms with Crippen LogP contribution in [-0.2, 0) is 14.8 Å². The van der Waals surface area contributed by atoms with E-state index in [0.29, 0.717) is 12.1 Å². The Kier molecular flexibility index (Phi) is 5.78. The average molecular weight is 340 g/mol. The van der Waals surface area contributed by atoms with Crippen LogP contribution in [0.15, 0.2) is 23.1 Å². The number of carbonyl (C=O) groups is 1. The molecule has 2 atom stereocenters. The zero-order valence-corrected chi connectivity index (χ0v) is 14.4. The molecule has 0 radical (unpaired) electrons. The van der Waals surface area contributed by atoms with E-state index in [1.807, 2.05) is 0 Å². The monoisotopic (exact) mass is 340 g/mol. The second kappa shape index (κ2) is 7.42. The summed E-state index contributed by atoms with van der Waals surface area (Å²) in [4.78, 5) is 11.9. The Morgan fingerprint density at radius 1 is 1.39 bits per heavy atom. The number of aryl methyl sites for hydroxylation is 1. The van der Waals surface area contributed by atoms with Crippen molar-refractivity contribution < 1.29 is 17.9 Å². The summed E-state index contributed by atoms with van der Waals surface area (Å²) in [7, 11) is -3.70. The molecule has 0 heterocycles. The number of nitrogens with two attached hydrogens (primary N) is 1. The fourth-order valence-electron chi connectivity index (χ4n) is 2.97. The first-order chi connectivity index (χ1) is 10.9. The van der Waals surface area contributed by atoms with Crippen molar-refractivity contribution >= 4 is 16.0 Å². The average Bonchev–Trinajstić information content (AvgIpc) is 2.94. The van der Waals surface area contributed by atoms with Crippen LogP contribution in [0.4, 0.5) is 0 Å². The molecule has 0 aromatic heterocycles. The van der Waals surface area contributed by atoms with Gasteiger partial charge in [-0.25, -0.2) is 17.9 Å². The third kappa shape index (κ3) is 4.10. The van der Waals surface area contributed by atoms with Crippen molar-refractivity contribution in [1.82, 2.24) is 4.72 Å². The summed E-state index contributed by atoms with van der Waals surface area (Å²) in [6.07, 6.45) is 2.69. The number of hydrogen-bond donors (Lipinski definition) is 2. The topological polar surface area (TPSA) is 98.5 Å². The van der Waals surface area contributed by atoms with Crippen molar-refractivity contribution in [1.29, 1.82) is 0 Å². The number of nitrogens with one attached hydrogen (secondary N) is 1. The molecule has 0 bridgehead atoms. The highest BCUT2D eigenvalue weighted by Crippen LogP contribution is 2.27. The Morgan fingerprint density at radius 2 is 2.13 bits per heavy atom. The van der Waals surface area contributed by atoms with Crippen LogP contribution in [0.3, 0.4) is 0 Å². The molecule has 7 heteroatoms. The van der Waals surface area contributed by atoms with Crippen LogP contribution in [0.2, 0.25) is 0 Å². The summed E-state index contributed by atoms with van der Waals surface area (Å²) in [5, 5.41) is 0. The van der Waals surface area contributed by atoms with E-state index in [4.69, 9.17) is 10.5 Å². The van der Waals surface area contributed by atoms with E-state index in [-0.39, 0.29) is 29.0 Å². The lowest BCUT2D eigenvalue weighted by Crippen LogP contribution is -2.40. The van der Waals surface area contributed by atoms with Gasteiger partial charge in [0.05, 0.1) is 17.1 Å². The maximum atomic E-state index is 12.7. The van der Waals surface area contributed by atoms with Crippen molar-refractivity contribution in [3.05, 3.63) is 29.3 Å². The maximum absolute atomic E-state index is 12.7. The lowest BCUT2D eigenvalue weighted by Gasteiger charge is -2.20. The van der Waals surface area contributed by atoms with E-state index in [1.165, 1.54) is 6.07 Å². The maximum Gasteiger partial charge on any atom is 0.338 e. The highest BCUT2D eigenvalue weighted by atomic mass is 32.2. The van der Waals surface area contributed by atoms with Gasteiger partial charge in [0.15, 0.2) is 0 Å². The molecular formula is C16H24N2O4S. The SMILES string of the molecule is CCOC(=O)c1ccc(C)c(S(=O)(=O)NC2CCCC2CN)c1. The molecule has 6 nitrogen and oxygen atoms in total. The van der Waals surface area contributed by atoms with Crippen LogP contribution in [0.25, 0.3) is 0 Å². The van der Waals surface area contributed by atoms with Crippen molar-refractivity contribution in [2.75, 3.05) is 13.2 Å². The van der Waals surface area contributed by atoms with Crippen LogP contribution < -0.4 is 10.5 Å². The quantitative estimate of drug-likeness (QED) is 0.766. The first kappa shape index (κ1) is 17.9. The molecule has 1 fully saturated rings. The second-order valence-corrected chi connectivity index (χ2v) is 7.54. The molecule has 0 aliphatic heterocycles. The van der Waals surface area contributed by atoms with Crippen LogP contribution in [0.5, 0.6) is 0 Å². The zero-order valence-electron chi connectivity index (χ0n) is 13.5. The lowest BCUT2D eigenvalue weighted by atomic mass is 10.1. The molecule has 0 spiro atoms. The summed E-state index contributed by atoms with van der Waals surface area (Å²) < 4.78 is 33.1. The third-order valence-corrected chi connectivity index (χ3v) is 5.89. The Balaban J connectivity index is 2.28. The summed E-state index contributed by atoms with van der Waals surface area (Å²) in [5.41, 5.74) is 6.54. The molecule has 1 aliphatic rings. The summed E-state index contributed by atoms with van der Waals surface area (Å²) >= 11 is 0. The van der Waals surface area contributed by atoms with Gasteiger partial charge < -0.3 is 10.5 Å². The normalized spacial score (nSPS) is 21.3. The van der Waals surface area contributed by atoms with Crippen molar-refractivity contribution in [2.24, 2.45) is 11.7 Å². The van der Waals surface area contributed by atoms with Crippen molar-refractivity contribution in [2.45, 2.75) is 44.0 Å². The Hall–Kier alpha value is -1.44. The van der Waals surface area contributed by atoms with Crippen molar-refractivity contribution in [3.63, 3.8) is 0 Å². The minimum absolute atomic E-state index is 0.116. The van der Waals surface area contributed by atoms with E-state index < -0.39 is 16.0 Å². The zero-order chi connectivity index (χ0) is 17.0. The standard InChI is InChI=1S/C16H24N2O4S/c1-3-22-16(19)12-8-7-11(2)15(9-12)23(20,21)18-14-6-4-5-13(14)10-17/h7-9,13-14,18H,3-6,10,17H2,1-2H3. The predicted octanol–water partition coefficient (Wildman–Crippen LogP) is 1.58. The van der Waals surface area contributed by atoms with Gasteiger partial charge in [-0.3, -0.25) is 0 Å². The Labute approximate surface area is 137 Å². The first-order valence-electron chi connectivity index (χ1n) is 7.89. The van der Waals surface area contributed by atoms with Crippen molar-refractivity contribution in [3.8, 4) is 0 Å². The van der Waals surface area contributed by atoms with E-state index in [9.17, 15) is 13.2 Å². The first-order valence-corrected chi connectivity index (χ1v) is 9.37. The van der Waals surface area contributed by atoms with Gasteiger partial charge in [-0.05, 0) is 56.8 Å². The number of benzene rings is 1.